The molecule has 0 aromatic heterocycles. The van der Waals surface area contributed by atoms with Gasteiger partial charge in [0.25, 0.3) is 5.91 Å². The molecule has 0 aliphatic rings. The van der Waals surface area contributed by atoms with Crippen LogP contribution in [-0.2, 0) is 0 Å². The number of benzene rings is 2. The van der Waals surface area contributed by atoms with Gasteiger partial charge in [-0.1, -0.05) is 44.2 Å². The minimum Gasteiger partial charge on any atom is -0.493 e. The van der Waals surface area contributed by atoms with E-state index in [2.05, 4.69) is 19.2 Å². The van der Waals surface area contributed by atoms with Crippen LogP contribution in [-0.4, -0.2) is 12.5 Å². The molecular weight excluding hydrogens is 262 g/mol. The lowest BCUT2D eigenvalue weighted by atomic mass is 10.1. The van der Waals surface area contributed by atoms with Crippen molar-refractivity contribution in [3.8, 4) is 5.75 Å². The van der Waals surface area contributed by atoms with Crippen LogP contribution in [0.5, 0.6) is 5.75 Å². The van der Waals surface area contributed by atoms with Crippen LogP contribution in [0.2, 0.25) is 0 Å². The van der Waals surface area contributed by atoms with Gasteiger partial charge < -0.3 is 10.1 Å². The average molecular weight is 283 g/mol. The number of rotatable bonds is 6. The molecule has 1 N–H and O–H groups in total. The van der Waals surface area contributed by atoms with Crippen molar-refractivity contribution < 1.29 is 9.53 Å². The van der Waals surface area contributed by atoms with E-state index in [-0.39, 0.29) is 5.91 Å². The number of ether oxygens (including phenoxy) is 1. The Morgan fingerprint density at radius 3 is 2.43 bits per heavy atom. The molecular formula is C18H21NO2. The molecule has 0 spiro atoms. The van der Waals surface area contributed by atoms with Crippen molar-refractivity contribution in [3.63, 3.8) is 0 Å². The Kier molecular flexibility index (Phi) is 5.38. The lowest BCUT2D eigenvalue weighted by molar-refractivity contribution is 0.102. The first-order chi connectivity index (χ1) is 10.2. The topological polar surface area (TPSA) is 38.3 Å². The van der Waals surface area contributed by atoms with E-state index in [0.29, 0.717) is 23.8 Å². The van der Waals surface area contributed by atoms with Gasteiger partial charge in [-0.25, -0.2) is 0 Å². The lowest BCUT2D eigenvalue weighted by Gasteiger charge is -2.12. The fraction of sp³-hybridized carbons (Fsp3) is 0.278. The van der Waals surface area contributed by atoms with Gasteiger partial charge in [-0.15, -0.1) is 0 Å². The highest BCUT2D eigenvalue weighted by Gasteiger charge is 2.12. The molecule has 2 rings (SSSR count). The molecule has 2 aromatic rings. The molecule has 0 aliphatic heterocycles. The van der Waals surface area contributed by atoms with Crippen molar-refractivity contribution >= 4 is 11.6 Å². The van der Waals surface area contributed by atoms with Crippen LogP contribution in [0.4, 0.5) is 5.69 Å². The standard InChI is InChI=1S/C18H21NO2/c1-14(2)12-13-21-17-11-7-6-10-16(17)18(20)19-15-8-4-3-5-9-15/h3-11,14H,12-13H2,1-2H3,(H,19,20). The molecule has 0 saturated carbocycles. The number of amides is 1. The number of hydrogen-bond donors (Lipinski definition) is 1. The zero-order valence-corrected chi connectivity index (χ0v) is 12.5. The maximum atomic E-state index is 12.3. The maximum absolute atomic E-state index is 12.3. The average Bonchev–Trinajstić information content (AvgIpc) is 2.48. The molecule has 0 unspecified atom stereocenters. The van der Waals surface area contributed by atoms with Crippen LogP contribution < -0.4 is 10.1 Å². The van der Waals surface area contributed by atoms with Crippen molar-refractivity contribution in [2.75, 3.05) is 11.9 Å². The normalized spacial score (nSPS) is 10.4. The van der Waals surface area contributed by atoms with Crippen LogP contribution in [0.1, 0.15) is 30.6 Å². The summed E-state index contributed by atoms with van der Waals surface area (Å²) in [6.07, 6.45) is 0.967. The van der Waals surface area contributed by atoms with Crippen LogP contribution in [0.15, 0.2) is 54.6 Å². The highest BCUT2D eigenvalue weighted by Crippen LogP contribution is 2.20. The fourth-order valence-electron chi connectivity index (χ4n) is 1.90. The number of anilines is 1. The van der Waals surface area contributed by atoms with Gasteiger partial charge in [-0.3, -0.25) is 4.79 Å². The van der Waals surface area contributed by atoms with E-state index in [1.807, 2.05) is 48.5 Å². The van der Waals surface area contributed by atoms with E-state index in [1.165, 1.54) is 0 Å². The van der Waals surface area contributed by atoms with Gasteiger partial charge >= 0.3 is 0 Å². The summed E-state index contributed by atoms with van der Waals surface area (Å²) in [5.41, 5.74) is 1.34. The Labute approximate surface area is 126 Å². The van der Waals surface area contributed by atoms with E-state index in [0.717, 1.165) is 12.1 Å². The van der Waals surface area contributed by atoms with Gasteiger partial charge in [0.05, 0.1) is 12.2 Å². The lowest BCUT2D eigenvalue weighted by Crippen LogP contribution is -2.14. The Bertz CT molecular complexity index is 579. The van der Waals surface area contributed by atoms with Crippen LogP contribution in [0, 0.1) is 5.92 Å². The number of carbonyl (C=O) groups is 1. The van der Waals surface area contributed by atoms with Gasteiger partial charge in [0.1, 0.15) is 5.75 Å². The summed E-state index contributed by atoms with van der Waals surface area (Å²) in [5, 5.41) is 2.88. The molecule has 0 heterocycles. The molecule has 21 heavy (non-hydrogen) atoms. The van der Waals surface area contributed by atoms with Gasteiger partial charge in [-0.05, 0) is 36.6 Å². The number of para-hydroxylation sites is 2. The van der Waals surface area contributed by atoms with Gasteiger partial charge in [0, 0.05) is 5.69 Å². The van der Waals surface area contributed by atoms with Crippen LogP contribution in [0.3, 0.4) is 0 Å². The van der Waals surface area contributed by atoms with Gasteiger partial charge in [0.2, 0.25) is 0 Å². The number of carbonyl (C=O) groups excluding carboxylic acids is 1. The first-order valence-corrected chi connectivity index (χ1v) is 7.25. The Balaban J connectivity index is 2.06. The second-order valence-electron chi connectivity index (χ2n) is 5.35. The van der Waals surface area contributed by atoms with Crippen molar-refractivity contribution in [1.29, 1.82) is 0 Å². The minimum atomic E-state index is -0.152. The SMILES string of the molecule is CC(C)CCOc1ccccc1C(=O)Nc1ccccc1. The summed E-state index contributed by atoms with van der Waals surface area (Å²) in [6, 6.07) is 16.8. The number of nitrogens with one attached hydrogen (secondary N) is 1. The first-order valence-electron chi connectivity index (χ1n) is 7.25. The predicted molar refractivity (Wildman–Crippen MR) is 85.8 cm³/mol. The monoisotopic (exact) mass is 283 g/mol. The summed E-state index contributed by atoms with van der Waals surface area (Å²) < 4.78 is 5.75. The molecule has 0 atom stereocenters. The van der Waals surface area contributed by atoms with Crippen LogP contribution in [0.25, 0.3) is 0 Å². The first kappa shape index (κ1) is 15.1. The Morgan fingerprint density at radius 2 is 1.71 bits per heavy atom. The Hall–Kier alpha value is -2.29. The fourth-order valence-corrected chi connectivity index (χ4v) is 1.90. The second-order valence-corrected chi connectivity index (χ2v) is 5.35. The predicted octanol–water partition coefficient (Wildman–Crippen LogP) is 4.36. The molecule has 0 radical (unpaired) electrons. The van der Waals surface area contributed by atoms with E-state index < -0.39 is 0 Å². The molecule has 0 aliphatic carbocycles. The third-order valence-corrected chi connectivity index (χ3v) is 3.12. The van der Waals surface area contributed by atoms with Crippen molar-refractivity contribution in [1.82, 2.24) is 0 Å². The van der Waals surface area contributed by atoms with E-state index >= 15 is 0 Å². The highest BCUT2D eigenvalue weighted by atomic mass is 16.5. The molecule has 2 aromatic carbocycles. The minimum absolute atomic E-state index is 0.152. The van der Waals surface area contributed by atoms with E-state index in [1.54, 1.807) is 6.07 Å². The molecule has 110 valence electrons. The van der Waals surface area contributed by atoms with Gasteiger partial charge in [-0.2, -0.15) is 0 Å². The second kappa shape index (κ2) is 7.48. The molecule has 3 nitrogen and oxygen atoms in total. The smallest absolute Gasteiger partial charge is 0.259 e. The van der Waals surface area contributed by atoms with Crippen molar-refractivity contribution in [2.45, 2.75) is 20.3 Å². The van der Waals surface area contributed by atoms with Crippen LogP contribution >= 0.6 is 0 Å². The third kappa shape index (κ3) is 4.63. The summed E-state index contributed by atoms with van der Waals surface area (Å²) >= 11 is 0. The van der Waals surface area contributed by atoms with Crippen molar-refractivity contribution in [2.24, 2.45) is 5.92 Å². The van der Waals surface area contributed by atoms with Gasteiger partial charge in [0.15, 0.2) is 0 Å². The zero-order chi connectivity index (χ0) is 15.1. The molecule has 0 saturated heterocycles. The van der Waals surface area contributed by atoms with E-state index in [9.17, 15) is 4.79 Å². The molecule has 3 heteroatoms. The summed E-state index contributed by atoms with van der Waals surface area (Å²) in [5.74, 6) is 1.06. The highest BCUT2D eigenvalue weighted by molar-refractivity contribution is 6.06. The molecule has 1 amide bonds. The summed E-state index contributed by atoms with van der Waals surface area (Å²) in [6.45, 7) is 4.92. The van der Waals surface area contributed by atoms with E-state index in [4.69, 9.17) is 4.74 Å². The largest absolute Gasteiger partial charge is 0.493 e. The zero-order valence-electron chi connectivity index (χ0n) is 12.5. The molecule has 0 bridgehead atoms. The summed E-state index contributed by atoms with van der Waals surface area (Å²) in [7, 11) is 0. The molecule has 0 fully saturated rings. The third-order valence-electron chi connectivity index (χ3n) is 3.12. The quantitative estimate of drug-likeness (QED) is 0.855. The summed E-state index contributed by atoms with van der Waals surface area (Å²) in [4.78, 5) is 12.3. The number of hydrogen-bond acceptors (Lipinski definition) is 2. The Morgan fingerprint density at radius 1 is 1.05 bits per heavy atom. The maximum Gasteiger partial charge on any atom is 0.259 e. The van der Waals surface area contributed by atoms with Crippen molar-refractivity contribution in [3.05, 3.63) is 60.2 Å².